The molecule has 5 nitrogen and oxygen atoms in total. The topological polar surface area (TPSA) is 73.2 Å². The minimum Gasteiger partial charge on any atom is -0.309 e. The molecule has 3 aliphatic rings. The third-order valence-electron chi connectivity index (χ3n) is 5.28. The molecule has 108 valence electrons. The van der Waals surface area contributed by atoms with E-state index in [0.29, 0.717) is 18.9 Å². The normalized spacial score (nSPS) is 35.0. The Balaban J connectivity index is 1.85. The molecule has 0 aromatic rings. The van der Waals surface area contributed by atoms with Gasteiger partial charge in [-0.3, -0.25) is 10.1 Å². The Labute approximate surface area is 119 Å². The summed E-state index contributed by atoms with van der Waals surface area (Å²) in [5, 5.41) is 11.4. The molecule has 2 saturated carbocycles. The summed E-state index contributed by atoms with van der Waals surface area (Å²) in [6, 6.07) is 1.97. The Bertz CT molecular complexity index is 492. The van der Waals surface area contributed by atoms with E-state index < -0.39 is 5.54 Å². The highest BCUT2D eigenvalue weighted by molar-refractivity contribution is 6.07. The lowest BCUT2D eigenvalue weighted by atomic mass is 9.75. The van der Waals surface area contributed by atoms with Crippen molar-refractivity contribution in [1.82, 2.24) is 10.2 Å². The first-order valence-electron chi connectivity index (χ1n) is 7.51. The molecule has 2 atom stereocenters. The maximum absolute atomic E-state index is 12.3. The molecular formula is C15H21N3O2. The molecule has 5 heteroatoms. The highest BCUT2D eigenvalue weighted by Crippen LogP contribution is 2.51. The molecule has 0 radical (unpaired) electrons. The van der Waals surface area contributed by atoms with Gasteiger partial charge in [0.05, 0.1) is 6.07 Å². The lowest BCUT2D eigenvalue weighted by Gasteiger charge is -2.41. The zero-order valence-corrected chi connectivity index (χ0v) is 11.9. The van der Waals surface area contributed by atoms with Crippen molar-refractivity contribution in [2.45, 2.75) is 57.4 Å². The van der Waals surface area contributed by atoms with Gasteiger partial charge in [-0.2, -0.15) is 5.26 Å². The van der Waals surface area contributed by atoms with Crippen LogP contribution in [0.15, 0.2) is 0 Å². The molecule has 3 amide bonds. The fraction of sp³-hybridized carbons (Fsp3) is 0.800. The number of hydrogen-bond acceptors (Lipinski definition) is 3. The summed E-state index contributed by atoms with van der Waals surface area (Å²) in [5.41, 5.74) is -0.690. The van der Waals surface area contributed by atoms with E-state index in [0.717, 1.165) is 38.5 Å². The number of nitrogens with zero attached hydrogens (tertiary/aromatic N) is 2. The van der Waals surface area contributed by atoms with Crippen molar-refractivity contribution in [3.63, 3.8) is 0 Å². The smallest absolute Gasteiger partial charge is 0.309 e. The second-order valence-electron chi connectivity index (χ2n) is 6.91. The minimum atomic E-state index is -0.639. The summed E-state index contributed by atoms with van der Waals surface area (Å²) in [5.74, 6) is 0.343. The third kappa shape index (κ3) is 1.98. The van der Waals surface area contributed by atoms with E-state index in [9.17, 15) is 9.59 Å². The van der Waals surface area contributed by atoms with Gasteiger partial charge in [-0.15, -0.1) is 0 Å². The first kappa shape index (κ1) is 13.4. The molecule has 1 aliphatic heterocycles. The van der Waals surface area contributed by atoms with Gasteiger partial charge in [0.1, 0.15) is 5.54 Å². The summed E-state index contributed by atoms with van der Waals surface area (Å²) >= 11 is 0. The largest absolute Gasteiger partial charge is 0.325 e. The Morgan fingerprint density at radius 3 is 2.75 bits per heavy atom. The van der Waals surface area contributed by atoms with Crippen molar-refractivity contribution < 1.29 is 9.59 Å². The molecular weight excluding hydrogens is 254 g/mol. The summed E-state index contributed by atoms with van der Waals surface area (Å²) in [4.78, 5) is 26.3. The molecule has 0 aromatic carbocycles. The van der Waals surface area contributed by atoms with Crippen LogP contribution in [0.5, 0.6) is 0 Å². The van der Waals surface area contributed by atoms with E-state index in [2.05, 4.69) is 18.3 Å². The second kappa shape index (κ2) is 4.47. The molecule has 1 heterocycles. The molecule has 2 aliphatic carbocycles. The van der Waals surface area contributed by atoms with Crippen LogP contribution < -0.4 is 5.32 Å². The van der Waals surface area contributed by atoms with Gasteiger partial charge < -0.3 is 4.90 Å². The lowest BCUT2D eigenvalue weighted by molar-refractivity contribution is -0.129. The predicted octanol–water partition coefficient (Wildman–Crippen LogP) is 2.18. The van der Waals surface area contributed by atoms with Gasteiger partial charge in [0.15, 0.2) is 0 Å². The van der Waals surface area contributed by atoms with Crippen LogP contribution in [0.1, 0.15) is 51.9 Å². The number of amides is 3. The van der Waals surface area contributed by atoms with Crippen molar-refractivity contribution in [1.29, 1.82) is 5.26 Å². The van der Waals surface area contributed by atoms with Crippen molar-refractivity contribution >= 4 is 11.9 Å². The Hall–Kier alpha value is -1.57. The van der Waals surface area contributed by atoms with E-state index >= 15 is 0 Å². The average Bonchev–Trinajstić information content (AvgIpc) is 3.11. The summed E-state index contributed by atoms with van der Waals surface area (Å²) in [7, 11) is 0. The molecule has 3 fully saturated rings. The van der Waals surface area contributed by atoms with Crippen LogP contribution >= 0.6 is 0 Å². The summed E-state index contributed by atoms with van der Waals surface area (Å²) < 4.78 is 0. The van der Waals surface area contributed by atoms with E-state index in [1.54, 1.807) is 4.90 Å². The van der Waals surface area contributed by atoms with Crippen LogP contribution in [0.2, 0.25) is 0 Å². The number of nitrogens with one attached hydrogen (secondary N) is 1. The maximum atomic E-state index is 12.3. The number of imide groups is 1. The number of nitriles is 1. The molecule has 1 spiro atoms. The zero-order valence-electron chi connectivity index (χ0n) is 11.9. The number of hydrogen-bond donors (Lipinski definition) is 1. The number of urea groups is 1. The first-order chi connectivity index (χ1) is 9.51. The highest BCUT2D eigenvalue weighted by atomic mass is 16.2. The number of rotatable bonds is 3. The van der Waals surface area contributed by atoms with E-state index in [-0.39, 0.29) is 17.4 Å². The Morgan fingerprint density at radius 1 is 1.40 bits per heavy atom. The molecule has 2 unspecified atom stereocenters. The SMILES string of the molecule is CC1CCCC2(C1)C(=O)NC(=O)N2CC1(CC#N)CC1. The van der Waals surface area contributed by atoms with Gasteiger partial charge in [0, 0.05) is 18.4 Å². The van der Waals surface area contributed by atoms with Crippen molar-refractivity contribution in [2.75, 3.05) is 6.54 Å². The lowest BCUT2D eigenvalue weighted by Crippen LogP contribution is -2.54. The van der Waals surface area contributed by atoms with E-state index in [1.165, 1.54) is 0 Å². The standard InChI is InChI=1S/C15H21N3O2/c1-11-3-2-4-15(9-11)12(19)17-13(20)18(15)10-14(5-6-14)7-8-16/h11H,2-7,9-10H2,1H3,(H,17,19,20). The van der Waals surface area contributed by atoms with Crippen LogP contribution in [0.3, 0.4) is 0 Å². The quantitative estimate of drug-likeness (QED) is 0.802. The minimum absolute atomic E-state index is 0.0512. The molecule has 20 heavy (non-hydrogen) atoms. The van der Waals surface area contributed by atoms with Crippen molar-refractivity contribution in [3.05, 3.63) is 0 Å². The van der Waals surface area contributed by atoms with Crippen LogP contribution in [-0.4, -0.2) is 28.9 Å². The molecule has 3 rings (SSSR count). The fourth-order valence-corrected chi connectivity index (χ4v) is 3.87. The molecule has 1 N–H and O–H groups in total. The van der Waals surface area contributed by atoms with Gasteiger partial charge >= 0.3 is 6.03 Å². The van der Waals surface area contributed by atoms with Crippen LogP contribution in [0.25, 0.3) is 0 Å². The summed E-state index contributed by atoms with van der Waals surface area (Å²) in [6.45, 7) is 2.71. The van der Waals surface area contributed by atoms with Gasteiger partial charge in [0.2, 0.25) is 0 Å². The maximum Gasteiger partial charge on any atom is 0.325 e. The van der Waals surface area contributed by atoms with Crippen molar-refractivity contribution in [3.8, 4) is 6.07 Å². The molecule has 0 aromatic heterocycles. The van der Waals surface area contributed by atoms with Gasteiger partial charge in [-0.25, -0.2) is 4.79 Å². The predicted molar refractivity (Wildman–Crippen MR) is 72.5 cm³/mol. The van der Waals surface area contributed by atoms with E-state index in [4.69, 9.17) is 5.26 Å². The summed E-state index contributed by atoms with van der Waals surface area (Å²) in [6.07, 6.45) is 6.10. The number of carbonyl (C=O) groups excluding carboxylic acids is 2. The van der Waals surface area contributed by atoms with Crippen LogP contribution in [0, 0.1) is 22.7 Å². The molecule has 1 saturated heterocycles. The van der Waals surface area contributed by atoms with Gasteiger partial charge in [-0.1, -0.05) is 19.8 Å². The number of carbonyl (C=O) groups is 2. The van der Waals surface area contributed by atoms with E-state index in [1.807, 2.05) is 0 Å². The molecule has 0 bridgehead atoms. The van der Waals surface area contributed by atoms with Gasteiger partial charge in [-0.05, 0) is 31.6 Å². The second-order valence-corrected chi connectivity index (χ2v) is 6.91. The Kier molecular flexibility index (Phi) is 3.00. The van der Waals surface area contributed by atoms with Crippen LogP contribution in [0.4, 0.5) is 4.79 Å². The monoisotopic (exact) mass is 275 g/mol. The Morgan fingerprint density at radius 2 is 2.15 bits per heavy atom. The highest BCUT2D eigenvalue weighted by Gasteiger charge is 2.57. The van der Waals surface area contributed by atoms with Crippen molar-refractivity contribution in [2.24, 2.45) is 11.3 Å². The fourth-order valence-electron chi connectivity index (χ4n) is 3.87. The van der Waals surface area contributed by atoms with Crippen LogP contribution in [-0.2, 0) is 4.79 Å². The zero-order chi connectivity index (χ0) is 14.4. The third-order valence-corrected chi connectivity index (χ3v) is 5.28. The average molecular weight is 275 g/mol. The first-order valence-corrected chi connectivity index (χ1v) is 7.51. The van der Waals surface area contributed by atoms with Gasteiger partial charge in [0.25, 0.3) is 5.91 Å².